The molecule has 0 radical (unpaired) electrons. The summed E-state index contributed by atoms with van der Waals surface area (Å²) in [6, 6.07) is -0.462. The Labute approximate surface area is 70.0 Å². The number of hydrogen-bond acceptors (Lipinski definition) is 5. The number of likely N-dealkylation sites (N-methyl/N-ethyl adjacent to an activating group) is 1. The first kappa shape index (κ1) is 9.60. The Morgan fingerprint density at radius 3 is 2.42 bits per heavy atom. The van der Waals surface area contributed by atoms with Crippen molar-refractivity contribution < 1.29 is 20.1 Å². The molecule has 12 heavy (non-hydrogen) atoms. The van der Waals surface area contributed by atoms with Crippen molar-refractivity contribution >= 4 is 5.78 Å². The summed E-state index contributed by atoms with van der Waals surface area (Å²) in [5.41, 5.74) is 0. The van der Waals surface area contributed by atoms with Gasteiger partial charge in [-0.2, -0.15) is 0 Å². The number of nitrogens with one attached hydrogen (secondary N) is 1. The Morgan fingerprint density at radius 2 is 1.92 bits per heavy atom. The molecule has 1 rings (SSSR count). The molecular weight excluding hydrogens is 162 g/mol. The number of aliphatic hydroxyl groups is 3. The Morgan fingerprint density at radius 1 is 1.33 bits per heavy atom. The number of rotatable bonds is 1. The number of carbonyl (C=O) groups excluding carboxylic acids is 1. The largest absolute Gasteiger partial charge is 0.389 e. The van der Waals surface area contributed by atoms with Crippen LogP contribution in [0, 0.1) is 0 Å². The third kappa shape index (κ3) is 1.49. The van der Waals surface area contributed by atoms with Gasteiger partial charge in [-0.3, -0.25) is 4.79 Å². The van der Waals surface area contributed by atoms with Crippen LogP contribution in [0.5, 0.6) is 0 Å². The molecule has 0 aromatic heterocycles. The average Bonchev–Trinajstić information content (AvgIpc) is 2.08. The monoisotopic (exact) mass is 175 g/mol. The van der Waals surface area contributed by atoms with E-state index < -0.39 is 30.1 Å². The maximum Gasteiger partial charge on any atom is 0.165 e. The summed E-state index contributed by atoms with van der Waals surface area (Å²) in [7, 11) is 1.59. The fourth-order valence-corrected chi connectivity index (χ4v) is 1.35. The van der Waals surface area contributed by atoms with Crippen molar-refractivity contribution in [3.8, 4) is 0 Å². The minimum atomic E-state index is -1.44. The molecule has 1 aliphatic rings. The molecule has 4 N–H and O–H groups in total. The highest BCUT2D eigenvalue weighted by atomic mass is 16.4. The number of hydrogen-bond donors (Lipinski definition) is 4. The van der Waals surface area contributed by atoms with Crippen LogP contribution in [0.1, 0.15) is 6.42 Å². The van der Waals surface area contributed by atoms with Gasteiger partial charge in [0.1, 0.15) is 12.2 Å². The molecule has 0 unspecified atom stereocenters. The molecule has 0 heterocycles. The summed E-state index contributed by atoms with van der Waals surface area (Å²) in [5, 5.41) is 30.2. The second-order valence-electron chi connectivity index (χ2n) is 2.99. The smallest absolute Gasteiger partial charge is 0.165 e. The summed E-state index contributed by atoms with van der Waals surface area (Å²) < 4.78 is 0. The fourth-order valence-electron chi connectivity index (χ4n) is 1.35. The van der Waals surface area contributed by atoms with Crippen LogP contribution < -0.4 is 5.32 Å². The molecule has 0 aromatic carbocycles. The minimum Gasteiger partial charge on any atom is -0.389 e. The number of ketones is 1. The van der Waals surface area contributed by atoms with Crippen LogP contribution >= 0.6 is 0 Å². The summed E-state index contributed by atoms with van der Waals surface area (Å²) in [6.07, 6.45) is -3.84. The van der Waals surface area contributed by atoms with Gasteiger partial charge in [0.15, 0.2) is 5.78 Å². The number of carbonyl (C=O) groups is 1. The van der Waals surface area contributed by atoms with Gasteiger partial charge in [0, 0.05) is 12.5 Å². The van der Waals surface area contributed by atoms with Gasteiger partial charge in [-0.05, 0) is 7.05 Å². The lowest BCUT2D eigenvalue weighted by Gasteiger charge is -2.33. The fraction of sp³-hybridized carbons (Fsp3) is 0.857. The Balaban J connectivity index is 2.70. The van der Waals surface area contributed by atoms with E-state index in [1.54, 1.807) is 7.05 Å². The predicted molar refractivity (Wildman–Crippen MR) is 40.5 cm³/mol. The van der Waals surface area contributed by atoms with Crippen molar-refractivity contribution in [2.45, 2.75) is 30.8 Å². The van der Waals surface area contributed by atoms with Crippen molar-refractivity contribution in [3.05, 3.63) is 0 Å². The van der Waals surface area contributed by atoms with Crippen LogP contribution in [-0.4, -0.2) is 52.5 Å². The van der Waals surface area contributed by atoms with E-state index in [9.17, 15) is 9.90 Å². The molecule has 0 saturated heterocycles. The first-order valence-electron chi connectivity index (χ1n) is 3.82. The molecule has 0 aromatic rings. The van der Waals surface area contributed by atoms with Gasteiger partial charge in [0.05, 0.1) is 6.10 Å². The highest BCUT2D eigenvalue weighted by molar-refractivity contribution is 5.85. The Kier molecular flexibility index (Phi) is 2.79. The first-order valence-corrected chi connectivity index (χ1v) is 3.82. The molecule has 5 heteroatoms. The summed E-state index contributed by atoms with van der Waals surface area (Å²) in [6.45, 7) is 0. The maximum atomic E-state index is 11.0. The molecule has 0 aliphatic heterocycles. The van der Waals surface area contributed by atoms with Gasteiger partial charge < -0.3 is 20.6 Å². The standard InChI is InChI=1S/C7H13NO4/c1-8-3-2-4(9)6(11)7(12)5(3)10/h3,5-8,10-12H,2H2,1H3/t3-,5+,6-,7-/m0/s1. The number of Topliss-reactive ketones (excluding diaryl/α,β-unsaturated/α-hetero) is 1. The Bertz CT molecular complexity index is 182. The molecule has 0 bridgehead atoms. The molecule has 1 saturated carbocycles. The van der Waals surface area contributed by atoms with Gasteiger partial charge in [-0.15, -0.1) is 0 Å². The van der Waals surface area contributed by atoms with Crippen molar-refractivity contribution in [1.29, 1.82) is 0 Å². The van der Waals surface area contributed by atoms with Crippen molar-refractivity contribution in [2.75, 3.05) is 7.05 Å². The average molecular weight is 175 g/mol. The second kappa shape index (κ2) is 3.49. The lowest BCUT2D eigenvalue weighted by molar-refractivity contribution is -0.149. The van der Waals surface area contributed by atoms with E-state index in [1.165, 1.54) is 0 Å². The highest BCUT2D eigenvalue weighted by Crippen LogP contribution is 2.16. The highest BCUT2D eigenvalue weighted by Gasteiger charge is 2.40. The second-order valence-corrected chi connectivity index (χ2v) is 2.99. The Hall–Kier alpha value is -0.490. The van der Waals surface area contributed by atoms with E-state index in [1.807, 2.05) is 0 Å². The zero-order valence-electron chi connectivity index (χ0n) is 6.77. The van der Waals surface area contributed by atoms with Crippen LogP contribution in [0.25, 0.3) is 0 Å². The van der Waals surface area contributed by atoms with Gasteiger partial charge in [0.2, 0.25) is 0 Å². The number of aliphatic hydroxyl groups excluding tert-OH is 3. The summed E-state index contributed by atoms with van der Waals surface area (Å²) >= 11 is 0. The molecule has 5 nitrogen and oxygen atoms in total. The van der Waals surface area contributed by atoms with E-state index >= 15 is 0 Å². The molecule has 1 aliphatic carbocycles. The zero-order valence-corrected chi connectivity index (χ0v) is 6.77. The lowest BCUT2D eigenvalue weighted by atomic mass is 9.87. The lowest BCUT2D eigenvalue weighted by Crippen LogP contribution is -2.57. The molecule has 0 spiro atoms. The molecule has 70 valence electrons. The topological polar surface area (TPSA) is 89.8 Å². The van der Waals surface area contributed by atoms with Crippen molar-refractivity contribution in [2.24, 2.45) is 0 Å². The normalized spacial score (nSPS) is 43.2. The maximum absolute atomic E-state index is 11.0. The van der Waals surface area contributed by atoms with Crippen LogP contribution in [0.3, 0.4) is 0 Å². The molecule has 4 atom stereocenters. The zero-order chi connectivity index (χ0) is 9.30. The summed E-state index contributed by atoms with van der Waals surface area (Å²) in [4.78, 5) is 11.0. The van der Waals surface area contributed by atoms with Gasteiger partial charge in [-0.1, -0.05) is 0 Å². The van der Waals surface area contributed by atoms with Gasteiger partial charge in [0.25, 0.3) is 0 Å². The molecular formula is C7H13NO4. The third-order valence-electron chi connectivity index (χ3n) is 2.21. The van der Waals surface area contributed by atoms with E-state index in [4.69, 9.17) is 10.2 Å². The van der Waals surface area contributed by atoms with E-state index in [2.05, 4.69) is 5.32 Å². The molecule has 0 amide bonds. The van der Waals surface area contributed by atoms with Gasteiger partial charge in [-0.25, -0.2) is 0 Å². The summed E-state index contributed by atoms with van der Waals surface area (Å²) in [5.74, 6) is -0.438. The SMILES string of the molecule is CN[C@H]1CC(=O)[C@H](O)[C@@H](O)[C@@H]1O. The van der Waals surface area contributed by atoms with Crippen LogP contribution in [0.15, 0.2) is 0 Å². The third-order valence-corrected chi connectivity index (χ3v) is 2.21. The quantitative estimate of drug-likeness (QED) is 0.357. The van der Waals surface area contributed by atoms with Crippen LogP contribution in [-0.2, 0) is 4.79 Å². The van der Waals surface area contributed by atoms with Crippen LogP contribution in [0.4, 0.5) is 0 Å². The molecule has 1 fully saturated rings. The van der Waals surface area contributed by atoms with E-state index in [0.29, 0.717) is 0 Å². The first-order chi connectivity index (χ1) is 5.57. The van der Waals surface area contributed by atoms with E-state index in [-0.39, 0.29) is 6.42 Å². The van der Waals surface area contributed by atoms with Crippen LogP contribution in [0.2, 0.25) is 0 Å². The predicted octanol–water partition coefficient (Wildman–Crippen LogP) is -2.37. The minimum absolute atomic E-state index is 0.0515. The van der Waals surface area contributed by atoms with E-state index in [0.717, 1.165) is 0 Å². The van der Waals surface area contributed by atoms with Crippen molar-refractivity contribution in [3.63, 3.8) is 0 Å². The van der Waals surface area contributed by atoms with Gasteiger partial charge >= 0.3 is 0 Å². The van der Waals surface area contributed by atoms with Crippen molar-refractivity contribution in [1.82, 2.24) is 5.32 Å².